The number of hydrogen-bond acceptors (Lipinski definition) is 4. The second-order valence-electron chi connectivity index (χ2n) is 6.15. The molecule has 1 aromatic carbocycles. The van der Waals surface area contributed by atoms with Gasteiger partial charge in [0, 0.05) is 13.5 Å². The maximum Gasteiger partial charge on any atom is 0.170 e. The van der Waals surface area contributed by atoms with E-state index in [9.17, 15) is 4.79 Å². The van der Waals surface area contributed by atoms with Crippen LogP contribution in [-0.4, -0.2) is 31.2 Å². The lowest BCUT2D eigenvalue weighted by Gasteiger charge is -2.39. The van der Waals surface area contributed by atoms with E-state index in [1.807, 2.05) is 20.8 Å². The molecule has 0 N–H and O–H groups in total. The van der Waals surface area contributed by atoms with Crippen LogP contribution in [0.3, 0.4) is 0 Å². The Morgan fingerprint density at radius 3 is 2.65 bits per heavy atom. The van der Waals surface area contributed by atoms with Crippen LogP contribution in [0.5, 0.6) is 11.5 Å². The van der Waals surface area contributed by atoms with Gasteiger partial charge in [-0.3, -0.25) is 4.79 Å². The lowest BCUT2D eigenvalue weighted by Crippen LogP contribution is -2.45. The summed E-state index contributed by atoms with van der Waals surface area (Å²) in [4.78, 5) is 12.4. The van der Waals surface area contributed by atoms with Gasteiger partial charge in [0.15, 0.2) is 5.78 Å². The minimum absolute atomic E-state index is 0.0829. The van der Waals surface area contributed by atoms with E-state index in [1.165, 1.54) is 0 Å². The van der Waals surface area contributed by atoms with Gasteiger partial charge in [0.2, 0.25) is 0 Å². The summed E-state index contributed by atoms with van der Waals surface area (Å²) in [7, 11) is 3.26. The molecule has 0 bridgehead atoms. The molecule has 4 heteroatoms. The highest BCUT2D eigenvalue weighted by Gasteiger charge is 2.40. The smallest absolute Gasteiger partial charge is 0.170 e. The first-order valence-corrected chi connectivity index (χ1v) is 6.74. The summed E-state index contributed by atoms with van der Waals surface area (Å²) in [5.41, 5.74) is -0.283. The van der Waals surface area contributed by atoms with Crippen molar-refractivity contribution in [2.24, 2.45) is 0 Å². The quantitative estimate of drug-likeness (QED) is 0.848. The number of carbonyl (C=O) groups is 1. The van der Waals surface area contributed by atoms with Crippen molar-refractivity contribution in [2.45, 2.75) is 44.8 Å². The Morgan fingerprint density at radius 1 is 1.35 bits per heavy atom. The van der Waals surface area contributed by atoms with Crippen molar-refractivity contribution >= 4 is 5.78 Å². The Hall–Kier alpha value is -1.55. The normalized spacial score (nSPS) is 22.1. The average Bonchev–Trinajstić information content (AvgIpc) is 2.37. The molecule has 1 unspecified atom stereocenters. The number of fused-ring (bicyclic) bond motifs is 1. The number of rotatable bonds is 4. The molecule has 1 heterocycles. The highest BCUT2D eigenvalue weighted by atomic mass is 16.5. The molecule has 1 aliphatic rings. The summed E-state index contributed by atoms with van der Waals surface area (Å²) in [6.07, 6.45) is 0.994. The van der Waals surface area contributed by atoms with Crippen molar-refractivity contribution in [3.05, 3.63) is 23.8 Å². The molecule has 0 fully saturated rings. The van der Waals surface area contributed by atoms with Crippen LogP contribution in [0.25, 0.3) is 0 Å². The molecule has 1 atom stereocenters. The minimum Gasteiger partial charge on any atom is -0.497 e. The molecule has 4 nitrogen and oxygen atoms in total. The molecule has 1 aromatic rings. The fourth-order valence-electron chi connectivity index (χ4n) is 2.75. The van der Waals surface area contributed by atoms with E-state index >= 15 is 0 Å². The van der Waals surface area contributed by atoms with Crippen molar-refractivity contribution in [2.75, 3.05) is 14.2 Å². The van der Waals surface area contributed by atoms with Crippen LogP contribution < -0.4 is 9.47 Å². The Bertz CT molecular complexity index is 521. The van der Waals surface area contributed by atoms with E-state index in [0.717, 1.165) is 0 Å². The first-order chi connectivity index (χ1) is 9.28. The molecule has 2 rings (SSSR count). The van der Waals surface area contributed by atoms with Gasteiger partial charge in [-0.25, -0.2) is 0 Å². The Labute approximate surface area is 120 Å². The Kier molecular flexibility index (Phi) is 3.78. The Morgan fingerprint density at radius 2 is 2.05 bits per heavy atom. The lowest BCUT2D eigenvalue weighted by atomic mass is 9.83. The zero-order valence-electron chi connectivity index (χ0n) is 12.8. The van der Waals surface area contributed by atoms with Gasteiger partial charge in [-0.05, 0) is 39.0 Å². The molecule has 20 heavy (non-hydrogen) atoms. The van der Waals surface area contributed by atoms with E-state index in [-0.39, 0.29) is 11.4 Å². The first kappa shape index (κ1) is 14.9. The van der Waals surface area contributed by atoms with Crippen LogP contribution in [0.15, 0.2) is 18.2 Å². The van der Waals surface area contributed by atoms with Gasteiger partial charge in [0.25, 0.3) is 0 Å². The number of Topliss-reactive ketones (excluding diaryl/α,β-unsaturated/α-hetero) is 1. The SMILES string of the molecule is COc1ccc2c(c1)C(=O)CC(C)(CC(C)(C)OC)O2. The number of hydrogen-bond donors (Lipinski definition) is 0. The van der Waals surface area contributed by atoms with E-state index in [4.69, 9.17) is 14.2 Å². The third kappa shape index (κ3) is 2.96. The molecular formula is C16H22O4. The molecular weight excluding hydrogens is 256 g/mol. The summed E-state index contributed by atoms with van der Waals surface area (Å²) in [6, 6.07) is 5.33. The summed E-state index contributed by atoms with van der Waals surface area (Å²) >= 11 is 0. The van der Waals surface area contributed by atoms with E-state index in [0.29, 0.717) is 29.9 Å². The van der Waals surface area contributed by atoms with Crippen molar-refractivity contribution in [1.82, 2.24) is 0 Å². The van der Waals surface area contributed by atoms with Gasteiger partial charge in [-0.15, -0.1) is 0 Å². The molecule has 0 radical (unpaired) electrons. The summed E-state index contributed by atoms with van der Waals surface area (Å²) in [6.45, 7) is 5.95. The average molecular weight is 278 g/mol. The number of ether oxygens (including phenoxy) is 3. The highest BCUT2D eigenvalue weighted by Crippen LogP contribution is 2.39. The standard InChI is InChI=1S/C16H22O4/c1-15(2,19-5)10-16(3)9-13(17)12-8-11(18-4)6-7-14(12)20-16/h6-8H,9-10H2,1-5H3. The summed E-state index contributed by atoms with van der Waals surface area (Å²) < 4.78 is 16.7. The molecule has 0 spiro atoms. The first-order valence-electron chi connectivity index (χ1n) is 6.74. The maximum atomic E-state index is 12.4. The maximum absolute atomic E-state index is 12.4. The molecule has 0 amide bonds. The van der Waals surface area contributed by atoms with Crippen molar-refractivity contribution < 1.29 is 19.0 Å². The number of ketones is 1. The fourth-order valence-corrected chi connectivity index (χ4v) is 2.75. The third-order valence-electron chi connectivity index (χ3n) is 3.73. The van der Waals surface area contributed by atoms with Crippen LogP contribution in [0, 0.1) is 0 Å². The predicted octanol–water partition coefficient (Wildman–Crippen LogP) is 3.23. The van der Waals surface area contributed by atoms with Crippen molar-refractivity contribution in [1.29, 1.82) is 0 Å². The zero-order chi connectivity index (χ0) is 15.0. The van der Waals surface area contributed by atoms with Crippen LogP contribution >= 0.6 is 0 Å². The van der Waals surface area contributed by atoms with Crippen molar-refractivity contribution in [3.63, 3.8) is 0 Å². The Balaban J connectivity index is 2.29. The minimum atomic E-state index is -0.543. The molecule has 110 valence electrons. The van der Waals surface area contributed by atoms with Gasteiger partial charge in [0.05, 0.1) is 24.7 Å². The van der Waals surface area contributed by atoms with Crippen LogP contribution in [0.2, 0.25) is 0 Å². The largest absolute Gasteiger partial charge is 0.497 e. The third-order valence-corrected chi connectivity index (χ3v) is 3.73. The molecule has 0 aromatic heterocycles. The van der Waals surface area contributed by atoms with Crippen LogP contribution in [0.4, 0.5) is 0 Å². The van der Waals surface area contributed by atoms with Crippen LogP contribution in [-0.2, 0) is 4.74 Å². The monoisotopic (exact) mass is 278 g/mol. The molecule has 1 aliphatic heterocycles. The van der Waals surface area contributed by atoms with Gasteiger partial charge >= 0.3 is 0 Å². The molecule has 0 saturated carbocycles. The number of carbonyl (C=O) groups excluding carboxylic acids is 1. The van der Waals surface area contributed by atoms with E-state index < -0.39 is 5.60 Å². The molecule has 0 saturated heterocycles. The number of methoxy groups -OCH3 is 2. The van der Waals surface area contributed by atoms with E-state index in [2.05, 4.69) is 0 Å². The van der Waals surface area contributed by atoms with Gasteiger partial charge < -0.3 is 14.2 Å². The van der Waals surface area contributed by atoms with Gasteiger partial charge in [0.1, 0.15) is 17.1 Å². The summed E-state index contributed by atoms with van der Waals surface area (Å²) in [5.74, 6) is 1.37. The second kappa shape index (κ2) is 5.09. The highest BCUT2D eigenvalue weighted by molar-refractivity contribution is 6.00. The fraction of sp³-hybridized carbons (Fsp3) is 0.562. The van der Waals surface area contributed by atoms with E-state index in [1.54, 1.807) is 32.4 Å². The lowest BCUT2D eigenvalue weighted by molar-refractivity contribution is -0.0501. The number of benzene rings is 1. The zero-order valence-corrected chi connectivity index (χ0v) is 12.8. The second-order valence-corrected chi connectivity index (χ2v) is 6.15. The van der Waals surface area contributed by atoms with Gasteiger partial charge in [-0.2, -0.15) is 0 Å². The van der Waals surface area contributed by atoms with Crippen LogP contribution in [0.1, 0.15) is 44.0 Å². The topological polar surface area (TPSA) is 44.8 Å². The van der Waals surface area contributed by atoms with Crippen molar-refractivity contribution in [3.8, 4) is 11.5 Å². The van der Waals surface area contributed by atoms with Gasteiger partial charge in [-0.1, -0.05) is 0 Å². The predicted molar refractivity (Wildman–Crippen MR) is 76.7 cm³/mol. The summed E-state index contributed by atoms with van der Waals surface area (Å²) in [5, 5.41) is 0. The molecule has 0 aliphatic carbocycles.